The van der Waals surface area contributed by atoms with Crippen LogP contribution in [0.4, 0.5) is 0 Å². The van der Waals surface area contributed by atoms with Crippen molar-refractivity contribution in [2.45, 2.75) is 0 Å². The highest BCUT2D eigenvalue weighted by Gasteiger charge is 2.10. The third kappa shape index (κ3) is 1.31. The quantitative estimate of drug-likeness (QED) is 0.708. The van der Waals surface area contributed by atoms with Crippen LogP contribution in [0.1, 0.15) is 5.56 Å². The van der Waals surface area contributed by atoms with Crippen molar-refractivity contribution in [3.05, 3.63) is 30.0 Å². The van der Waals surface area contributed by atoms with Crippen molar-refractivity contribution in [3.8, 4) is 6.07 Å². The fraction of sp³-hybridized carbons (Fsp3) is 0.182. The molecule has 2 rings (SSSR count). The number of nitriles is 1. The summed E-state index contributed by atoms with van der Waals surface area (Å²) in [5, 5.41) is 11.4. The second kappa shape index (κ2) is 3.44. The highest BCUT2D eigenvalue weighted by Crippen LogP contribution is 2.29. The summed E-state index contributed by atoms with van der Waals surface area (Å²) in [6, 6.07) is 8.20. The van der Waals surface area contributed by atoms with E-state index in [0.717, 1.165) is 11.1 Å². The number of hydrogen-bond donors (Lipinski definition) is 1. The van der Waals surface area contributed by atoms with Crippen LogP contribution in [0, 0.1) is 11.3 Å². The molecular formula is C11H11N2P. The molecule has 70 valence electrons. The third-order valence-electron chi connectivity index (χ3n) is 2.27. The summed E-state index contributed by atoms with van der Waals surface area (Å²) in [4.78, 5) is 3.21. The van der Waals surface area contributed by atoms with Gasteiger partial charge in [-0.1, -0.05) is 14.0 Å². The molecule has 0 bridgehead atoms. The Labute approximate surface area is 84.3 Å². The van der Waals surface area contributed by atoms with E-state index >= 15 is 0 Å². The van der Waals surface area contributed by atoms with Gasteiger partial charge in [0.15, 0.2) is 0 Å². The molecule has 0 amide bonds. The predicted molar refractivity (Wildman–Crippen MR) is 61.4 cm³/mol. The molecule has 2 aromatic rings. The Hall–Kier alpha value is -1.32. The summed E-state index contributed by atoms with van der Waals surface area (Å²) in [5.41, 5.74) is 1.93. The number of aromatic amines is 1. The molecule has 1 aromatic carbocycles. The summed E-state index contributed by atoms with van der Waals surface area (Å²) in [6.07, 6.45) is 1.92. The van der Waals surface area contributed by atoms with Gasteiger partial charge in [0.1, 0.15) is 0 Å². The summed E-state index contributed by atoms with van der Waals surface area (Å²) in [6.45, 7) is 4.34. The average Bonchev–Trinajstić information content (AvgIpc) is 2.62. The third-order valence-corrected chi connectivity index (χ3v) is 3.63. The van der Waals surface area contributed by atoms with E-state index in [4.69, 9.17) is 5.26 Å². The molecule has 3 heteroatoms. The standard InChI is InChI=1S/C11H11N2P/c1-14(2)11-9(7-12)4-3-8-5-6-13-10(8)11/h3-6,13H,1-2H3. The highest BCUT2D eigenvalue weighted by molar-refractivity contribution is 7.64. The molecule has 1 N–H and O–H groups in total. The van der Waals surface area contributed by atoms with Gasteiger partial charge in [0.2, 0.25) is 0 Å². The fourth-order valence-electron chi connectivity index (χ4n) is 1.67. The lowest BCUT2D eigenvalue weighted by atomic mass is 10.2. The van der Waals surface area contributed by atoms with Crippen LogP contribution in [0.15, 0.2) is 24.4 Å². The van der Waals surface area contributed by atoms with Crippen LogP contribution in [0.5, 0.6) is 0 Å². The Morgan fingerprint density at radius 2 is 2.07 bits per heavy atom. The van der Waals surface area contributed by atoms with Gasteiger partial charge >= 0.3 is 0 Å². The first kappa shape index (κ1) is 9.24. The summed E-state index contributed by atoms with van der Waals surface area (Å²) in [5.74, 6) is 0. The first-order chi connectivity index (χ1) is 6.74. The lowest BCUT2D eigenvalue weighted by Gasteiger charge is -2.09. The molecule has 14 heavy (non-hydrogen) atoms. The van der Waals surface area contributed by atoms with E-state index in [1.54, 1.807) is 0 Å². The maximum Gasteiger partial charge on any atom is 0.0999 e. The molecule has 0 radical (unpaired) electrons. The number of hydrogen-bond acceptors (Lipinski definition) is 1. The number of aromatic nitrogens is 1. The minimum atomic E-state index is -0.250. The summed E-state index contributed by atoms with van der Waals surface area (Å²) in [7, 11) is -0.250. The van der Waals surface area contributed by atoms with Crippen molar-refractivity contribution in [1.82, 2.24) is 4.98 Å². The van der Waals surface area contributed by atoms with Crippen LogP contribution < -0.4 is 5.30 Å². The molecule has 0 atom stereocenters. The first-order valence-electron chi connectivity index (χ1n) is 4.41. The normalized spacial score (nSPS) is 10.7. The van der Waals surface area contributed by atoms with Gasteiger partial charge in [-0.3, -0.25) is 0 Å². The van der Waals surface area contributed by atoms with Gasteiger partial charge in [0.25, 0.3) is 0 Å². The zero-order valence-corrected chi connectivity index (χ0v) is 9.10. The lowest BCUT2D eigenvalue weighted by Crippen LogP contribution is -2.06. The zero-order valence-electron chi connectivity index (χ0n) is 8.20. The lowest BCUT2D eigenvalue weighted by molar-refractivity contribution is 1.47. The van der Waals surface area contributed by atoms with E-state index in [9.17, 15) is 0 Å². The monoisotopic (exact) mass is 202 g/mol. The van der Waals surface area contributed by atoms with Gasteiger partial charge in [-0.15, -0.1) is 0 Å². The molecule has 0 unspecified atom stereocenters. The molecule has 0 spiro atoms. The molecule has 2 nitrogen and oxygen atoms in total. The number of benzene rings is 1. The van der Waals surface area contributed by atoms with Gasteiger partial charge in [-0.25, -0.2) is 0 Å². The van der Waals surface area contributed by atoms with Gasteiger partial charge in [-0.05, 0) is 25.5 Å². The minimum absolute atomic E-state index is 0.250. The van der Waals surface area contributed by atoms with Crippen LogP contribution in [-0.4, -0.2) is 18.3 Å². The molecule has 0 aliphatic heterocycles. The van der Waals surface area contributed by atoms with E-state index in [2.05, 4.69) is 24.4 Å². The first-order valence-corrected chi connectivity index (χ1v) is 6.65. The Balaban J connectivity index is 2.84. The minimum Gasteiger partial charge on any atom is -0.361 e. The Bertz CT molecular complexity index is 505. The largest absolute Gasteiger partial charge is 0.361 e. The van der Waals surface area contributed by atoms with Crippen molar-refractivity contribution in [2.75, 3.05) is 13.3 Å². The highest BCUT2D eigenvalue weighted by atomic mass is 31.1. The zero-order chi connectivity index (χ0) is 10.1. The number of fused-ring (bicyclic) bond motifs is 1. The molecule has 0 aliphatic rings. The predicted octanol–water partition coefficient (Wildman–Crippen LogP) is 2.41. The summed E-state index contributed by atoms with van der Waals surface area (Å²) < 4.78 is 0. The second-order valence-corrected chi connectivity index (χ2v) is 5.65. The molecule has 0 aliphatic carbocycles. The smallest absolute Gasteiger partial charge is 0.0999 e. The van der Waals surface area contributed by atoms with Gasteiger partial charge in [-0.2, -0.15) is 5.26 Å². The molecule has 0 saturated heterocycles. The van der Waals surface area contributed by atoms with E-state index in [0.29, 0.717) is 0 Å². The Morgan fingerprint density at radius 1 is 1.29 bits per heavy atom. The second-order valence-electron chi connectivity index (χ2n) is 3.41. The van der Waals surface area contributed by atoms with Gasteiger partial charge < -0.3 is 4.98 Å². The maximum atomic E-state index is 9.01. The Morgan fingerprint density at radius 3 is 2.71 bits per heavy atom. The van der Waals surface area contributed by atoms with Crippen molar-refractivity contribution in [3.63, 3.8) is 0 Å². The van der Waals surface area contributed by atoms with Crippen LogP contribution in [-0.2, 0) is 0 Å². The van der Waals surface area contributed by atoms with Gasteiger partial charge in [0.05, 0.1) is 17.1 Å². The SMILES string of the molecule is CP(C)c1c(C#N)ccc2cc[nH]c12. The summed E-state index contributed by atoms with van der Waals surface area (Å²) >= 11 is 0. The van der Waals surface area contributed by atoms with E-state index in [1.165, 1.54) is 10.7 Å². The molecule has 1 aromatic heterocycles. The molecule has 0 saturated carbocycles. The van der Waals surface area contributed by atoms with Crippen LogP contribution in [0.3, 0.4) is 0 Å². The van der Waals surface area contributed by atoms with Crippen LogP contribution in [0.25, 0.3) is 10.9 Å². The van der Waals surface area contributed by atoms with Crippen molar-refractivity contribution in [2.24, 2.45) is 0 Å². The van der Waals surface area contributed by atoms with Crippen LogP contribution >= 0.6 is 7.92 Å². The number of rotatable bonds is 1. The van der Waals surface area contributed by atoms with E-state index in [-0.39, 0.29) is 7.92 Å². The number of nitrogens with zero attached hydrogens (tertiary/aromatic N) is 1. The average molecular weight is 202 g/mol. The van der Waals surface area contributed by atoms with E-state index in [1.807, 2.05) is 24.4 Å². The fourth-order valence-corrected chi connectivity index (χ4v) is 2.91. The van der Waals surface area contributed by atoms with Crippen molar-refractivity contribution < 1.29 is 0 Å². The van der Waals surface area contributed by atoms with Crippen LogP contribution in [0.2, 0.25) is 0 Å². The van der Waals surface area contributed by atoms with Crippen molar-refractivity contribution in [1.29, 1.82) is 5.26 Å². The maximum absolute atomic E-state index is 9.01. The number of nitrogens with one attached hydrogen (secondary N) is 1. The number of H-pyrrole nitrogens is 1. The van der Waals surface area contributed by atoms with Gasteiger partial charge in [0, 0.05) is 16.9 Å². The molecule has 0 fully saturated rings. The Kier molecular flexibility index (Phi) is 2.27. The topological polar surface area (TPSA) is 39.6 Å². The van der Waals surface area contributed by atoms with E-state index < -0.39 is 0 Å². The molecular weight excluding hydrogens is 191 g/mol. The van der Waals surface area contributed by atoms with Crippen molar-refractivity contribution >= 4 is 24.1 Å². The molecule has 1 heterocycles.